The Kier molecular flexibility index (Phi) is 2.87. The Morgan fingerprint density at radius 2 is 1.40 bits per heavy atom. The molecule has 0 atom stereocenters. The van der Waals surface area contributed by atoms with E-state index in [1.165, 1.54) is 0 Å². The fourth-order valence-electron chi connectivity index (χ4n) is 0.412. The van der Waals surface area contributed by atoms with Crippen LogP contribution in [0.2, 0.25) is 0 Å². The summed E-state index contributed by atoms with van der Waals surface area (Å²) in [5, 5.41) is 0. The summed E-state index contributed by atoms with van der Waals surface area (Å²) in [4.78, 5) is 0. The molecule has 2 N–H and O–H groups in total. The lowest BCUT2D eigenvalue weighted by atomic mass is 10.9. The molecule has 0 saturated heterocycles. The largest absolute Gasteiger partial charge is 0.307 e. The molecule has 0 aliphatic carbocycles. The number of alkyl halides is 2. The lowest BCUT2D eigenvalue weighted by molar-refractivity contribution is 0.370. The summed E-state index contributed by atoms with van der Waals surface area (Å²) in [5.74, 6) is -1.80. The molecule has 0 aromatic heterocycles. The summed E-state index contributed by atoms with van der Waals surface area (Å²) < 4.78 is 50.7. The summed E-state index contributed by atoms with van der Waals surface area (Å²) >= 11 is 0. The first-order valence-corrected chi connectivity index (χ1v) is 4.86. The van der Waals surface area contributed by atoms with E-state index in [0.29, 0.717) is 0 Å². The highest BCUT2D eigenvalue weighted by atomic mass is 32.3. The number of halogens is 2. The molecule has 0 heterocycles. The van der Waals surface area contributed by atoms with Crippen molar-refractivity contribution in [3.63, 3.8) is 0 Å². The van der Waals surface area contributed by atoms with Crippen LogP contribution < -0.4 is 0 Å². The van der Waals surface area contributed by atoms with Gasteiger partial charge in [-0.15, -0.1) is 0 Å². The van der Waals surface area contributed by atoms with Crippen molar-refractivity contribution >= 4 is 9.63 Å². The number of hydrogen-bond donors (Lipinski definition) is 2. The van der Waals surface area contributed by atoms with E-state index >= 15 is 0 Å². The van der Waals surface area contributed by atoms with Crippen LogP contribution in [0.3, 0.4) is 0 Å². The van der Waals surface area contributed by atoms with E-state index in [-0.39, 0.29) is 0 Å². The molecule has 0 amide bonds. The van der Waals surface area contributed by atoms with Crippen LogP contribution in [0.4, 0.5) is 8.78 Å². The maximum atomic E-state index is 11.4. The van der Waals surface area contributed by atoms with Crippen molar-refractivity contribution in [2.24, 2.45) is 0 Å². The molecule has 0 radical (unpaired) electrons. The third kappa shape index (κ3) is 3.86. The van der Waals surface area contributed by atoms with Gasteiger partial charge in [0.25, 0.3) is 0 Å². The van der Waals surface area contributed by atoms with Crippen molar-refractivity contribution < 1.29 is 22.1 Å². The normalized spacial score (nSPS) is 16.2. The van der Waals surface area contributed by atoms with Crippen LogP contribution in [0.25, 0.3) is 0 Å². The smallest absolute Gasteiger partial charge is 0.103 e. The van der Waals surface area contributed by atoms with Crippen LogP contribution in [0.1, 0.15) is 0 Å². The fourth-order valence-corrected chi connectivity index (χ4v) is 1.24. The monoisotopic (exact) mass is 176 g/mol. The summed E-state index contributed by atoms with van der Waals surface area (Å²) in [6.07, 6.45) is 0. The molecule has 0 rings (SSSR count). The zero-order valence-electron chi connectivity index (χ0n) is 5.30. The average Bonchev–Trinajstić information content (AvgIpc) is 1.61. The van der Waals surface area contributed by atoms with Gasteiger partial charge in [0.2, 0.25) is 0 Å². The Morgan fingerprint density at radius 3 is 1.60 bits per heavy atom. The maximum absolute atomic E-state index is 11.4. The quantitative estimate of drug-likeness (QED) is 0.662. The number of hydrogen-bond acceptors (Lipinski definition) is 1. The van der Waals surface area contributed by atoms with E-state index < -0.39 is 34.5 Å². The topological polar surface area (TPSA) is 57.5 Å². The second kappa shape index (κ2) is 2.89. The minimum Gasteiger partial charge on any atom is -0.307 e. The molecular weight excluding hydrogens is 166 g/mol. The highest BCUT2D eigenvalue weighted by Gasteiger charge is 2.28. The maximum Gasteiger partial charge on any atom is 0.103 e. The lowest BCUT2D eigenvalue weighted by Gasteiger charge is -2.27. The molecule has 0 unspecified atom stereocenters. The SMILES string of the molecule is O=S(O)(O)(CCF)CCF. The second-order valence-corrected chi connectivity index (χ2v) is 5.16. The van der Waals surface area contributed by atoms with E-state index in [1.807, 2.05) is 0 Å². The van der Waals surface area contributed by atoms with Gasteiger partial charge in [0.05, 0.1) is 21.1 Å². The Labute approximate surface area is 57.5 Å². The molecule has 3 nitrogen and oxygen atoms in total. The van der Waals surface area contributed by atoms with Crippen LogP contribution in [0.15, 0.2) is 0 Å². The minimum atomic E-state index is -4.93. The van der Waals surface area contributed by atoms with E-state index in [1.54, 1.807) is 0 Å². The van der Waals surface area contributed by atoms with Crippen LogP contribution >= 0.6 is 0 Å². The van der Waals surface area contributed by atoms with Gasteiger partial charge in [0.1, 0.15) is 13.3 Å². The molecular formula is C4H10F2O3S. The first-order valence-electron chi connectivity index (χ1n) is 2.64. The van der Waals surface area contributed by atoms with E-state index in [9.17, 15) is 13.0 Å². The van der Waals surface area contributed by atoms with Crippen molar-refractivity contribution in [3.05, 3.63) is 0 Å². The summed E-state index contributed by atoms with van der Waals surface area (Å²) in [7, 11) is -4.93. The van der Waals surface area contributed by atoms with Crippen LogP contribution in [0.5, 0.6) is 0 Å². The average molecular weight is 176 g/mol. The molecule has 0 aliphatic rings. The Bertz CT molecular complexity index is 152. The standard InChI is InChI=1S/C4H10F2O3S/c5-1-3-10(7,8,9)4-2-6/h1-4H2,(H2,7,8,9). The molecule has 0 aromatic rings. The third-order valence-corrected chi connectivity index (χ3v) is 2.92. The van der Waals surface area contributed by atoms with Gasteiger partial charge in [0, 0.05) is 0 Å². The van der Waals surface area contributed by atoms with Crippen LogP contribution in [-0.2, 0) is 9.63 Å². The molecule has 6 heteroatoms. The Morgan fingerprint density at radius 1 is 1.10 bits per heavy atom. The molecule has 64 valence electrons. The number of rotatable bonds is 4. The van der Waals surface area contributed by atoms with E-state index in [4.69, 9.17) is 9.11 Å². The zero-order chi connectivity index (χ0) is 8.28. The van der Waals surface area contributed by atoms with Gasteiger partial charge in [-0.1, -0.05) is 0 Å². The summed E-state index contributed by atoms with van der Waals surface area (Å²) in [5.41, 5.74) is 0. The predicted octanol–water partition coefficient (Wildman–Crippen LogP) is 0.692. The predicted molar refractivity (Wildman–Crippen MR) is 35.1 cm³/mol. The zero-order valence-corrected chi connectivity index (χ0v) is 6.11. The molecule has 0 bridgehead atoms. The van der Waals surface area contributed by atoms with Crippen LogP contribution in [0, 0.1) is 0 Å². The van der Waals surface area contributed by atoms with Crippen LogP contribution in [-0.4, -0.2) is 38.2 Å². The first kappa shape index (κ1) is 9.93. The van der Waals surface area contributed by atoms with Crippen molar-refractivity contribution in [2.45, 2.75) is 0 Å². The first-order chi connectivity index (χ1) is 4.39. The van der Waals surface area contributed by atoms with Crippen molar-refractivity contribution in [3.8, 4) is 0 Å². The Balaban J connectivity index is 4.13. The third-order valence-electron chi connectivity index (χ3n) is 0.975. The van der Waals surface area contributed by atoms with Crippen molar-refractivity contribution in [1.29, 1.82) is 0 Å². The van der Waals surface area contributed by atoms with Gasteiger partial charge >= 0.3 is 0 Å². The van der Waals surface area contributed by atoms with Crippen molar-refractivity contribution in [2.75, 3.05) is 24.9 Å². The van der Waals surface area contributed by atoms with Crippen molar-refractivity contribution in [1.82, 2.24) is 0 Å². The Hall–Kier alpha value is -0.0700. The van der Waals surface area contributed by atoms with Gasteiger partial charge in [0.15, 0.2) is 0 Å². The van der Waals surface area contributed by atoms with Gasteiger partial charge in [-0.05, 0) is 0 Å². The van der Waals surface area contributed by atoms with E-state index in [2.05, 4.69) is 0 Å². The van der Waals surface area contributed by atoms with E-state index in [0.717, 1.165) is 0 Å². The molecule has 0 fully saturated rings. The molecule has 0 saturated carbocycles. The lowest BCUT2D eigenvalue weighted by Crippen LogP contribution is -2.40. The van der Waals surface area contributed by atoms with Gasteiger partial charge < -0.3 is 9.11 Å². The minimum absolute atomic E-state index is 0.902. The van der Waals surface area contributed by atoms with Gasteiger partial charge in [-0.25, -0.2) is 13.0 Å². The molecule has 10 heavy (non-hydrogen) atoms. The molecule has 0 spiro atoms. The molecule has 0 aliphatic heterocycles. The highest BCUT2D eigenvalue weighted by molar-refractivity contribution is 8.10. The highest BCUT2D eigenvalue weighted by Crippen LogP contribution is 2.15. The second-order valence-electron chi connectivity index (χ2n) is 1.97. The van der Waals surface area contributed by atoms with Gasteiger partial charge in [-0.2, -0.15) is 0 Å². The molecule has 0 aromatic carbocycles. The van der Waals surface area contributed by atoms with Gasteiger partial charge in [-0.3, -0.25) is 0 Å². The summed E-state index contributed by atoms with van der Waals surface area (Å²) in [6, 6.07) is 0. The fraction of sp³-hybridized carbons (Fsp3) is 1.00. The summed E-state index contributed by atoms with van der Waals surface area (Å²) in [6.45, 7) is -2.25.